The maximum Gasteiger partial charge on any atom is 0.412 e. The molecule has 2 rings (SSSR count). The lowest BCUT2D eigenvalue weighted by Gasteiger charge is -2.25. The number of methoxy groups -OCH3 is 1. The van der Waals surface area contributed by atoms with E-state index in [9.17, 15) is 9.59 Å². The molecule has 2 amide bonds. The number of carbonyl (C=O) groups is 2. The highest BCUT2D eigenvalue weighted by atomic mass is 16.6. The summed E-state index contributed by atoms with van der Waals surface area (Å²) in [6.07, 6.45) is 1.37. The molecule has 0 saturated heterocycles. The van der Waals surface area contributed by atoms with Crippen LogP contribution in [0.4, 0.5) is 15.4 Å². The molecule has 1 aromatic carbocycles. The van der Waals surface area contributed by atoms with Crippen molar-refractivity contribution < 1.29 is 23.8 Å². The molecule has 0 saturated carbocycles. The third kappa shape index (κ3) is 10.1. The molecule has 9 heteroatoms. The first-order valence-corrected chi connectivity index (χ1v) is 12.1. The van der Waals surface area contributed by atoms with Crippen LogP contribution in [0.3, 0.4) is 0 Å². The number of nitrogens with one attached hydrogen (secondary N) is 2. The molecule has 0 aliphatic carbocycles. The fourth-order valence-corrected chi connectivity index (χ4v) is 3.60. The first-order chi connectivity index (χ1) is 16.9. The van der Waals surface area contributed by atoms with Crippen molar-refractivity contribution >= 4 is 18.0 Å². The number of rotatable bonds is 10. The zero-order valence-corrected chi connectivity index (χ0v) is 22.7. The first-order valence-electron chi connectivity index (χ1n) is 12.1. The second-order valence-corrected chi connectivity index (χ2v) is 10.4. The molecule has 1 heterocycles. The predicted molar refractivity (Wildman–Crippen MR) is 141 cm³/mol. The Morgan fingerprint density at radius 3 is 2.36 bits per heavy atom. The maximum absolute atomic E-state index is 12.4. The molecule has 9 nitrogen and oxygen atoms in total. The zero-order chi connectivity index (χ0) is 26.9. The number of amides is 2. The number of nitrogens with zero attached hydrogens (tertiary/aromatic N) is 2. The van der Waals surface area contributed by atoms with Gasteiger partial charge in [0, 0.05) is 18.3 Å². The summed E-state index contributed by atoms with van der Waals surface area (Å²) in [6, 6.07) is 9.42. The van der Waals surface area contributed by atoms with Crippen LogP contribution in [0.15, 0.2) is 36.5 Å². The van der Waals surface area contributed by atoms with E-state index >= 15 is 0 Å². The van der Waals surface area contributed by atoms with Gasteiger partial charge in [-0.3, -0.25) is 5.32 Å². The van der Waals surface area contributed by atoms with Gasteiger partial charge in [0.05, 0.1) is 13.2 Å². The number of alkyl carbamates (subject to hydrolysis) is 1. The van der Waals surface area contributed by atoms with Gasteiger partial charge in [0.1, 0.15) is 23.8 Å². The van der Waals surface area contributed by atoms with E-state index in [0.717, 1.165) is 28.9 Å². The molecule has 1 aromatic heterocycles. The molecule has 0 bridgehead atoms. The van der Waals surface area contributed by atoms with Crippen LogP contribution in [0, 0.1) is 5.92 Å². The van der Waals surface area contributed by atoms with Crippen molar-refractivity contribution in [3.05, 3.63) is 42.1 Å². The van der Waals surface area contributed by atoms with Gasteiger partial charge in [0.25, 0.3) is 0 Å². The Morgan fingerprint density at radius 1 is 1.06 bits per heavy atom. The summed E-state index contributed by atoms with van der Waals surface area (Å²) < 4.78 is 16.3. The van der Waals surface area contributed by atoms with Gasteiger partial charge in [-0.15, -0.1) is 0 Å². The average Bonchev–Trinajstić information content (AvgIpc) is 2.76. The first kappa shape index (κ1) is 28.9. The summed E-state index contributed by atoms with van der Waals surface area (Å²) in [7, 11) is 5.29. The topological polar surface area (TPSA) is 102 Å². The van der Waals surface area contributed by atoms with E-state index in [1.165, 1.54) is 7.11 Å². The Bertz CT molecular complexity index is 1020. The lowest BCUT2D eigenvalue weighted by atomic mass is 10.0. The Hall–Kier alpha value is -3.33. The number of hydrogen-bond donors (Lipinski definition) is 2. The third-order valence-corrected chi connectivity index (χ3v) is 4.97. The number of ether oxygens (including phenoxy) is 3. The molecule has 2 N–H and O–H groups in total. The quantitative estimate of drug-likeness (QED) is 0.456. The standard InChI is InChI=1S/C27H40N4O5/c1-18(2)13-22(29-26(33)36-27(3,4)5)17-35-23-10-9-19(14-21(23)16-31(6)7)20-11-12-28-24(15-20)30-25(32)34-8/h9-12,14-15,18,22H,13,16-17H2,1-8H3,(H,29,33)(H,28,30,32)/t22-/m1/s1. The summed E-state index contributed by atoms with van der Waals surface area (Å²) in [5.74, 6) is 1.52. The Kier molecular flexibility index (Phi) is 10.5. The largest absolute Gasteiger partial charge is 0.491 e. The molecule has 2 aromatic rings. The maximum atomic E-state index is 12.4. The van der Waals surface area contributed by atoms with Crippen molar-refractivity contribution in [3.63, 3.8) is 0 Å². The number of benzene rings is 1. The van der Waals surface area contributed by atoms with Crippen LogP contribution < -0.4 is 15.4 Å². The molecule has 0 aliphatic heterocycles. The summed E-state index contributed by atoms with van der Waals surface area (Å²) in [6.45, 7) is 10.7. The molecule has 0 unspecified atom stereocenters. The van der Waals surface area contributed by atoms with Crippen molar-refractivity contribution in [2.75, 3.05) is 33.1 Å². The summed E-state index contributed by atoms with van der Waals surface area (Å²) in [4.78, 5) is 30.1. The van der Waals surface area contributed by atoms with Crippen LogP contribution in [-0.2, 0) is 16.0 Å². The highest BCUT2D eigenvalue weighted by Crippen LogP contribution is 2.29. The lowest BCUT2D eigenvalue weighted by Crippen LogP contribution is -2.42. The molecule has 0 fully saturated rings. The van der Waals surface area contributed by atoms with Crippen molar-refractivity contribution in [3.8, 4) is 16.9 Å². The molecule has 0 aliphatic rings. The molecular weight excluding hydrogens is 460 g/mol. The Labute approximate surface area is 214 Å². The van der Waals surface area contributed by atoms with Gasteiger partial charge in [-0.1, -0.05) is 19.9 Å². The molecular formula is C27H40N4O5. The van der Waals surface area contributed by atoms with Gasteiger partial charge in [-0.2, -0.15) is 0 Å². The van der Waals surface area contributed by atoms with Crippen LogP contribution >= 0.6 is 0 Å². The average molecular weight is 501 g/mol. The van der Waals surface area contributed by atoms with E-state index in [4.69, 9.17) is 9.47 Å². The van der Waals surface area contributed by atoms with Gasteiger partial charge >= 0.3 is 12.2 Å². The minimum Gasteiger partial charge on any atom is -0.491 e. The molecule has 198 valence electrons. The van der Waals surface area contributed by atoms with E-state index in [1.54, 1.807) is 12.3 Å². The summed E-state index contributed by atoms with van der Waals surface area (Å²) >= 11 is 0. The SMILES string of the molecule is COC(=O)Nc1cc(-c2ccc(OC[C@@H](CC(C)C)NC(=O)OC(C)(C)C)c(CN(C)C)c2)ccn1. The van der Waals surface area contributed by atoms with Crippen LogP contribution in [0.25, 0.3) is 11.1 Å². The van der Waals surface area contributed by atoms with E-state index in [2.05, 4.69) is 45.2 Å². The van der Waals surface area contributed by atoms with Gasteiger partial charge < -0.3 is 24.4 Å². The minimum atomic E-state index is -0.576. The fourth-order valence-electron chi connectivity index (χ4n) is 3.60. The fraction of sp³-hybridized carbons (Fsp3) is 0.519. The van der Waals surface area contributed by atoms with Crippen LogP contribution in [-0.4, -0.2) is 61.5 Å². The second-order valence-electron chi connectivity index (χ2n) is 10.4. The zero-order valence-electron chi connectivity index (χ0n) is 22.7. The predicted octanol–water partition coefficient (Wildman–Crippen LogP) is 5.31. The second kappa shape index (κ2) is 13.1. The van der Waals surface area contributed by atoms with Crippen LogP contribution in [0.1, 0.15) is 46.6 Å². The highest BCUT2D eigenvalue weighted by Gasteiger charge is 2.21. The van der Waals surface area contributed by atoms with Crippen molar-refractivity contribution in [1.82, 2.24) is 15.2 Å². The van der Waals surface area contributed by atoms with Gasteiger partial charge in [0.2, 0.25) is 0 Å². The molecule has 36 heavy (non-hydrogen) atoms. The Balaban J connectivity index is 2.23. The number of carbonyl (C=O) groups excluding carboxylic acids is 2. The molecule has 0 spiro atoms. The lowest BCUT2D eigenvalue weighted by molar-refractivity contribution is 0.0480. The van der Waals surface area contributed by atoms with Crippen molar-refractivity contribution in [1.29, 1.82) is 0 Å². The van der Waals surface area contributed by atoms with Gasteiger partial charge in [-0.25, -0.2) is 14.6 Å². The van der Waals surface area contributed by atoms with Gasteiger partial charge in [-0.05, 0) is 82.6 Å². The van der Waals surface area contributed by atoms with E-state index in [0.29, 0.717) is 24.9 Å². The Morgan fingerprint density at radius 2 is 1.75 bits per heavy atom. The number of pyridine rings is 1. The molecule has 0 radical (unpaired) electrons. The minimum absolute atomic E-state index is 0.195. The number of anilines is 1. The normalized spacial score (nSPS) is 12.3. The van der Waals surface area contributed by atoms with E-state index in [1.807, 2.05) is 53.1 Å². The van der Waals surface area contributed by atoms with Crippen molar-refractivity contribution in [2.24, 2.45) is 5.92 Å². The smallest absolute Gasteiger partial charge is 0.412 e. The van der Waals surface area contributed by atoms with Gasteiger partial charge in [0.15, 0.2) is 0 Å². The van der Waals surface area contributed by atoms with E-state index < -0.39 is 17.8 Å². The van der Waals surface area contributed by atoms with Crippen molar-refractivity contribution in [2.45, 2.75) is 59.2 Å². The number of hydrogen-bond acceptors (Lipinski definition) is 7. The van der Waals surface area contributed by atoms with E-state index in [-0.39, 0.29) is 6.04 Å². The molecule has 1 atom stereocenters. The monoisotopic (exact) mass is 500 g/mol. The number of aromatic nitrogens is 1. The highest BCUT2D eigenvalue weighted by molar-refractivity contribution is 5.84. The summed E-state index contributed by atoms with van der Waals surface area (Å²) in [5.41, 5.74) is 2.28. The third-order valence-electron chi connectivity index (χ3n) is 4.97. The summed E-state index contributed by atoms with van der Waals surface area (Å²) in [5, 5.41) is 5.54. The van der Waals surface area contributed by atoms with Crippen LogP contribution in [0.5, 0.6) is 5.75 Å². The van der Waals surface area contributed by atoms with Crippen LogP contribution in [0.2, 0.25) is 0 Å².